The van der Waals surface area contributed by atoms with Gasteiger partial charge in [0, 0.05) is 57.3 Å². The van der Waals surface area contributed by atoms with Crippen molar-refractivity contribution in [2.45, 2.75) is 152 Å². The van der Waals surface area contributed by atoms with E-state index in [1.54, 1.807) is 25.0 Å². The molecule has 304 valence electrons. The van der Waals surface area contributed by atoms with Gasteiger partial charge in [0.05, 0.1) is 29.5 Å². The third-order valence-electron chi connectivity index (χ3n) is 16.6. The molecule has 3 saturated heterocycles. The predicted molar refractivity (Wildman–Crippen MR) is 198 cm³/mol. The van der Waals surface area contributed by atoms with Crippen LogP contribution in [0.1, 0.15) is 104 Å². The Kier molecular flexibility index (Phi) is 10.7. The van der Waals surface area contributed by atoms with E-state index in [-0.39, 0.29) is 47.6 Å². The second-order valence-electron chi connectivity index (χ2n) is 19.1. The van der Waals surface area contributed by atoms with Gasteiger partial charge in [-0.25, -0.2) is 0 Å². The first-order valence-corrected chi connectivity index (χ1v) is 21.3. The Labute approximate surface area is 320 Å². The fraction of sp³-hybridized carbons (Fsp3) is 0.905. The molecule has 0 bridgehead atoms. The van der Waals surface area contributed by atoms with Crippen molar-refractivity contribution in [2.24, 2.45) is 46.3 Å². The Balaban J connectivity index is 1.08. The predicted octanol–water partition coefficient (Wildman–Crippen LogP) is 2.47. The quantitative estimate of drug-likeness (QED) is 0.135. The van der Waals surface area contributed by atoms with Crippen LogP contribution in [-0.2, 0) is 23.8 Å². The second kappa shape index (κ2) is 14.7. The molecule has 0 unspecified atom stereocenters. The standard InChI is InChI=1S/C42H66N2O10/c1-39-13-10-25(53-19-7-18-52-3)20-30(39)32(46)22-29-28(39)11-14-41(24-8-5-4-6-9-24)33(12-15-42(29,41)51)40(2,50)36(47)34-27(23-45)26-21-31(38(49)44-16-17-44)43-37(48)35(26)54-34/h22,24-28,30-31,33-37,43,45,47-48,50-51H,4-21,23H2,1-3H3/t25-,26+,27+,28-,30-,31+,33+,34-,35+,36+,37-,39+,40-,41-,42+/m0/s1. The van der Waals surface area contributed by atoms with Crippen molar-refractivity contribution in [3.63, 3.8) is 0 Å². The fourth-order valence-electron chi connectivity index (χ4n) is 13.8. The molecule has 8 rings (SSSR count). The highest BCUT2D eigenvalue weighted by Crippen LogP contribution is 2.72. The van der Waals surface area contributed by atoms with Gasteiger partial charge in [-0.2, -0.15) is 0 Å². The summed E-state index contributed by atoms with van der Waals surface area (Å²) in [5, 5.41) is 63.6. The maximum Gasteiger partial charge on any atom is 0.239 e. The van der Waals surface area contributed by atoms with E-state index >= 15 is 0 Å². The maximum atomic E-state index is 14.3. The van der Waals surface area contributed by atoms with Gasteiger partial charge in [0.15, 0.2) is 5.78 Å². The molecular weight excluding hydrogens is 692 g/mol. The maximum absolute atomic E-state index is 14.3. The van der Waals surface area contributed by atoms with Crippen molar-refractivity contribution >= 4 is 11.7 Å². The zero-order valence-corrected chi connectivity index (χ0v) is 32.7. The largest absolute Gasteiger partial charge is 0.396 e. The van der Waals surface area contributed by atoms with Crippen molar-refractivity contribution in [1.82, 2.24) is 10.2 Å². The van der Waals surface area contributed by atoms with Crippen molar-refractivity contribution in [1.29, 1.82) is 0 Å². The summed E-state index contributed by atoms with van der Waals surface area (Å²) >= 11 is 0. The van der Waals surface area contributed by atoms with E-state index in [0.717, 1.165) is 63.4 Å². The third kappa shape index (κ3) is 6.10. The number of allylic oxidation sites excluding steroid dienone is 1. The normalized spacial score (nSPS) is 46.5. The van der Waals surface area contributed by atoms with Crippen LogP contribution in [-0.4, -0.2) is 130 Å². The monoisotopic (exact) mass is 758 g/mol. The van der Waals surface area contributed by atoms with E-state index in [1.165, 1.54) is 0 Å². The molecule has 0 radical (unpaired) electrons. The summed E-state index contributed by atoms with van der Waals surface area (Å²) in [6.45, 7) is 6.25. The van der Waals surface area contributed by atoms with Crippen LogP contribution in [0.3, 0.4) is 0 Å². The number of nitrogens with zero attached hydrogens (tertiary/aromatic N) is 1. The minimum Gasteiger partial charge on any atom is -0.396 e. The first-order chi connectivity index (χ1) is 25.8. The molecule has 12 heteroatoms. The summed E-state index contributed by atoms with van der Waals surface area (Å²) < 4.78 is 17.8. The average molecular weight is 759 g/mol. The highest BCUT2D eigenvalue weighted by molar-refractivity contribution is 5.95. The lowest BCUT2D eigenvalue weighted by molar-refractivity contribution is -0.221. The Morgan fingerprint density at radius 2 is 1.83 bits per heavy atom. The number of piperidine rings is 1. The highest BCUT2D eigenvalue weighted by atomic mass is 16.5. The summed E-state index contributed by atoms with van der Waals surface area (Å²) in [6, 6.07) is -0.608. The van der Waals surface area contributed by atoms with Crippen LogP contribution in [0, 0.1) is 46.3 Å². The number of ketones is 1. The number of nitrogens with one attached hydrogen (secondary N) is 1. The molecule has 3 heterocycles. The van der Waals surface area contributed by atoms with Crippen LogP contribution in [0.2, 0.25) is 0 Å². The van der Waals surface area contributed by atoms with Crippen molar-refractivity contribution in [3.8, 4) is 0 Å². The minimum absolute atomic E-state index is 0.0305. The van der Waals surface area contributed by atoms with E-state index in [1.807, 2.05) is 0 Å². The zero-order chi connectivity index (χ0) is 38.2. The van der Waals surface area contributed by atoms with Gasteiger partial charge in [-0.15, -0.1) is 0 Å². The molecule has 1 amide bonds. The molecule has 54 heavy (non-hydrogen) atoms. The number of carbonyl (C=O) groups excluding carboxylic acids is 2. The number of carbonyl (C=O) groups is 2. The summed E-state index contributed by atoms with van der Waals surface area (Å²) in [4.78, 5) is 29.0. The number of amides is 1. The molecule has 0 aromatic carbocycles. The van der Waals surface area contributed by atoms with Gasteiger partial charge in [-0.05, 0) is 118 Å². The Bertz CT molecular complexity index is 1450. The van der Waals surface area contributed by atoms with Gasteiger partial charge >= 0.3 is 0 Å². The molecule has 6 N–H and O–H groups in total. The van der Waals surface area contributed by atoms with E-state index in [9.17, 15) is 35.1 Å². The number of aliphatic hydroxyl groups excluding tert-OH is 3. The van der Waals surface area contributed by atoms with Crippen molar-refractivity contribution in [2.75, 3.05) is 40.0 Å². The Morgan fingerprint density at radius 1 is 1.07 bits per heavy atom. The lowest BCUT2D eigenvalue weighted by Crippen LogP contribution is -2.66. The van der Waals surface area contributed by atoms with Gasteiger partial charge in [-0.3, -0.25) is 14.9 Å². The first kappa shape index (κ1) is 39.4. The first-order valence-electron chi connectivity index (χ1n) is 21.3. The highest BCUT2D eigenvalue weighted by Gasteiger charge is 2.73. The van der Waals surface area contributed by atoms with Crippen LogP contribution in [0.4, 0.5) is 0 Å². The molecule has 3 aliphatic heterocycles. The second-order valence-corrected chi connectivity index (χ2v) is 19.1. The summed E-state index contributed by atoms with van der Waals surface area (Å²) in [5.74, 6) is -1.51. The van der Waals surface area contributed by atoms with Crippen LogP contribution in [0.15, 0.2) is 11.6 Å². The van der Waals surface area contributed by atoms with E-state index in [4.69, 9.17) is 14.2 Å². The molecule has 8 aliphatic rings. The fourth-order valence-corrected chi connectivity index (χ4v) is 13.8. The minimum atomic E-state index is -1.72. The number of fused-ring (bicyclic) bond motifs is 6. The number of methoxy groups -OCH3 is 1. The lowest BCUT2D eigenvalue weighted by Gasteiger charge is -2.64. The number of ether oxygens (including phenoxy) is 3. The SMILES string of the molecule is COCCCO[C@H]1CC[C@@]2(C)[C@@H](C1)C(=O)C=C1[C@@H]2CC[C@]2(C3CCCCC3)[C@@H]([C@](C)(O)[C@H](O)[C@H]3O[C@@H]4[C@H](C[C@H](C(=O)N5CC5)N[C@H]4O)[C@H]3CO)CC[C@@]12O. The number of aliphatic hydroxyl groups is 5. The molecule has 15 atom stereocenters. The number of rotatable bonds is 11. The summed E-state index contributed by atoms with van der Waals surface area (Å²) in [5.41, 5.74) is -3.24. The molecule has 7 fully saturated rings. The van der Waals surface area contributed by atoms with Crippen molar-refractivity contribution in [3.05, 3.63) is 11.6 Å². The molecule has 4 saturated carbocycles. The van der Waals surface area contributed by atoms with Crippen LogP contribution in [0.25, 0.3) is 0 Å². The molecule has 5 aliphatic carbocycles. The van der Waals surface area contributed by atoms with Crippen molar-refractivity contribution < 1.29 is 49.3 Å². The van der Waals surface area contributed by atoms with Gasteiger partial charge in [0.25, 0.3) is 0 Å². The Morgan fingerprint density at radius 3 is 2.54 bits per heavy atom. The van der Waals surface area contributed by atoms with E-state index in [0.29, 0.717) is 58.4 Å². The van der Waals surface area contributed by atoms with Gasteiger partial charge in [0.1, 0.15) is 18.4 Å². The lowest BCUT2D eigenvalue weighted by atomic mass is 9.42. The number of hydrogen-bond donors (Lipinski definition) is 6. The molecule has 0 aromatic rings. The molecule has 0 spiro atoms. The zero-order valence-electron chi connectivity index (χ0n) is 32.7. The third-order valence-corrected chi connectivity index (χ3v) is 16.6. The molecule has 12 nitrogen and oxygen atoms in total. The van der Waals surface area contributed by atoms with Crippen LogP contribution < -0.4 is 5.32 Å². The molecule has 0 aromatic heterocycles. The summed E-state index contributed by atoms with van der Waals surface area (Å²) in [7, 11) is 1.69. The van der Waals surface area contributed by atoms with Gasteiger partial charge < -0.3 is 44.6 Å². The average Bonchev–Trinajstić information content (AvgIpc) is 3.86. The van der Waals surface area contributed by atoms with Crippen LogP contribution >= 0.6 is 0 Å². The van der Waals surface area contributed by atoms with Gasteiger partial charge in [-0.1, -0.05) is 26.2 Å². The van der Waals surface area contributed by atoms with E-state index < -0.39 is 65.0 Å². The Hall–Kier alpha value is -1.48. The number of hydrogen-bond acceptors (Lipinski definition) is 11. The molecular formula is C42H66N2O10. The summed E-state index contributed by atoms with van der Waals surface area (Å²) in [6.07, 6.45) is 8.52. The van der Waals surface area contributed by atoms with E-state index in [2.05, 4.69) is 12.2 Å². The topological polar surface area (TPSA) is 178 Å². The van der Waals surface area contributed by atoms with Crippen LogP contribution in [0.5, 0.6) is 0 Å². The smallest absolute Gasteiger partial charge is 0.239 e. The van der Waals surface area contributed by atoms with Gasteiger partial charge in [0.2, 0.25) is 5.91 Å².